The highest BCUT2D eigenvalue weighted by Crippen LogP contribution is 2.26. The lowest BCUT2D eigenvalue weighted by Crippen LogP contribution is -2.24. The van der Waals surface area contributed by atoms with Crippen LogP contribution in [0.3, 0.4) is 0 Å². The summed E-state index contributed by atoms with van der Waals surface area (Å²) >= 11 is 0. The van der Waals surface area contributed by atoms with Crippen LogP contribution in [0.2, 0.25) is 0 Å². The van der Waals surface area contributed by atoms with Gasteiger partial charge in [0.05, 0.1) is 5.56 Å². The van der Waals surface area contributed by atoms with E-state index in [1.807, 2.05) is 33.4 Å². The van der Waals surface area contributed by atoms with Gasteiger partial charge in [0.2, 0.25) is 0 Å². The minimum absolute atomic E-state index is 0.296. The van der Waals surface area contributed by atoms with Gasteiger partial charge >= 0.3 is 0 Å². The quantitative estimate of drug-likeness (QED) is 0.746. The Morgan fingerprint density at radius 2 is 1.80 bits per heavy atom. The standard InChI is InChI=1S/C19H23N5O/c1-13(20-2)9-18-22-19(25-23-18)16-10-15(11-21-12-16)14-5-7-17(8-6-14)24(3)4/h5-8,10-13,20H,9H2,1-4H3. The molecule has 1 unspecified atom stereocenters. The van der Waals surface area contributed by atoms with Crippen molar-refractivity contribution >= 4 is 5.69 Å². The van der Waals surface area contributed by atoms with Gasteiger partial charge in [-0.2, -0.15) is 4.98 Å². The van der Waals surface area contributed by atoms with Crippen LogP contribution in [0.5, 0.6) is 0 Å². The molecule has 0 amide bonds. The predicted octanol–water partition coefficient (Wildman–Crippen LogP) is 3.02. The number of hydrogen-bond acceptors (Lipinski definition) is 6. The largest absolute Gasteiger partial charge is 0.378 e. The first-order valence-corrected chi connectivity index (χ1v) is 8.30. The Morgan fingerprint density at radius 3 is 2.48 bits per heavy atom. The molecule has 6 heteroatoms. The molecule has 1 N–H and O–H groups in total. The summed E-state index contributed by atoms with van der Waals surface area (Å²) < 4.78 is 5.40. The Kier molecular flexibility index (Phi) is 5.09. The lowest BCUT2D eigenvalue weighted by Gasteiger charge is -2.12. The molecule has 0 fully saturated rings. The lowest BCUT2D eigenvalue weighted by atomic mass is 10.1. The zero-order valence-electron chi connectivity index (χ0n) is 15.0. The van der Waals surface area contributed by atoms with E-state index in [9.17, 15) is 0 Å². The van der Waals surface area contributed by atoms with Gasteiger partial charge in [-0.1, -0.05) is 17.3 Å². The Hall–Kier alpha value is -2.73. The highest BCUT2D eigenvalue weighted by molar-refractivity contribution is 5.69. The molecular formula is C19H23N5O. The summed E-state index contributed by atoms with van der Waals surface area (Å²) in [6, 6.07) is 10.7. The van der Waals surface area contributed by atoms with Crippen LogP contribution in [0.25, 0.3) is 22.6 Å². The molecule has 0 spiro atoms. The number of rotatable bonds is 6. The molecule has 3 rings (SSSR count). The molecule has 0 bridgehead atoms. The van der Waals surface area contributed by atoms with E-state index in [-0.39, 0.29) is 0 Å². The van der Waals surface area contributed by atoms with Gasteiger partial charge in [0.1, 0.15) is 0 Å². The number of likely N-dealkylation sites (N-methyl/N-ethyl adjacent to an activating group) is 1. The van der Waals surface area contributed by atoms with E-state index >= 15 is 0 Å². The van der Waals surface area contributed by atoms with Crippen molar-refractivity contribution in [2.75, 3.05) is 26.0 Å². The second-order valence-corrected chi connectivity index (χ2v) is 6.31. The molecule has 0 radical (unpaired) electrons. The Labute approximate surface area is 147 Å². The third-order valence-electron chi connectivity index (χ3n) is 4.15. The normalized spacial score (nSPS) is 12.2. The van der Waals surface area contributed by atoms with E-state index in [1.54, 1.807) is 6.20 Å². The summed E-state index contributed by atoms with van der Waals surface area (Å²) in [6.45, 7) is 2.08. The predicted molar refractivity (Wildman–Crippen MR) is 99.5 cm³/mol. The van der Waals surface area contributed by atoms with Crippen molar-refractivity contribution in [1.29, 1.82) is 0 Å². The molecule has 6 nitrogen and oxygen atoms in total. The monoisotopic (exact) mass is 337 g/mol. The van der Waals surface area contributed by atoms with E-state index in [4.69, 9.17) is 4.52 Å². The summed E-state index contributed by atoms with van der Waals surface area (Å²) in [7, 11) is 5.97. The first-order valence-electron chi connectivity index (χ1n) is 8.30. The third kappa shape index (κ3) is 4.03. The van der Waals surface area contributed by atoms with Crippen molar-refractivity contribution < 1.29 is 4.52 Å². The van der Waals surface area contributed by atoms with Gasteiger partial charge in [0, 0.05) is 50.2 Å². The molecule has 1 aromatic carbocycles. The minimum Gasteiger partial charge on any atom is -0.378 e. The lowest BCUT2D eigenvalue weighted by molar-refractivity contribution is 0.418. The number of benzene rings is 1. The fourth-order valence-electron chi connectivity index (χ4n) is 2.50. The minimum atomic E-state index is 0.296. The summed E-state index contributed by atoms with van der Waals surface area (Å²) in [5, 5.41) is 7.22. The van der Waals surface area contributed by atoms with Crippen molar-refractivity contribution in [2.24, 2.45) is 0 Å². The molecular weight excluding hydrogens is 314 g/mol. The number of hydrogen-bond donors (Lipinski definition) is 1. The molecule has 1 atom stereocenters. The second kappa shape index (κ2) is 7.44. The maximum atomic E-state index is 5.40. The van der Waals surface area contributed by atoms with Gasteiger partial charge in [0.25, 0.3) is 5.89 Å². The molecule has 0 aliphatic heterocycles. The molecule has 0 saturated carbocycles. The van der Waals surface area contributed by atoms with Crippen LogP contribution in [0.15, 0.2) is 47.2 Å². The Morgan fingerprint density at radius 1 is 1.08 bits per heavy atom. The van der Waals surface area contributed by atoms with Crippen LogP contribution in [-0.4, -0.2) is 42.3 Å². The molecule has 0 aliphatic carbocycles. The van der Waals surface area contributed by atoms with E-state index in [2.05, 4.69) is 56.5 Å². The molecule has 130 valence electrons. The SMILES string of the molecule is CNC(C)Cc1noc(-c2cncc(-c3ccc(N(C)C)cc3)c2)n1. The fraction of sp³-hybridized carbons (Fsp3) is 0.316. The van der Waals surface area contributed by atoms with E-state index in [0.29, 0.717) is 17.8 Å². The van der Waals surface area contributed by atoms with E-state index < -0.39 is 0 Å². The maximum absolute atomic E-state index is 5.40. The fourth-order valence-corrected chi connectivity index (χ4v) is 2.50. The van der Waals surface area contributed by atoms with Crippen LogP contribution >= 0.6 is 0 Å². The zero-order valence-corrected chi connectivity index (χ0v) is 15.0. The molecule has 0 saturated heterocycles. The van der Waals surface area contributed by atoms with Crippen LogP contribution in [0, 0.1) is 0 Å². The molecule has 2 heterocycles. The molecule has 0 aliphatic rings. The van der Waals surface area contributed by atoms with Crippen molar-refractivity contribution in [3.63, 3.8) is 0 Å². The van der Waals surface area contributed by atoms with Gasteiger partial charge < -0.3 is 14.7 Å². The van der Waals surface area contributed by atoms with Crippen molar-refractivity contribution in [1.82, 2.24) is 20.4 Å². The van der Waals surface area contributed by atoms with Gasteiger partial charge in [-0.05, 0) is 37.7 Å². The topological polar surface area (TPSA) is 67.1 Å². The number of anilines is 1. The highest BCUT2D eigenvalue weighted by Gasteiger charge is 2.12. The maximum Gasteiger partial charge on any atom is 0.259 e. The van der Waals surface area contributed by atoms with Gasteiger partial charge in [0.15, 0.2) is 5.82 Å². The van der Waals surface area contributed by atoms with Crippen molar-refractivity contribution in [2.45, 2.75) is 19.4 Å². The van der Waals surface area contributed by atoms with Crippen LogP contribution in [0.4, 0.5) is 5.69 Å². The van der Waals surface area contributed by atoms with Crippen molar-refractivity contribution in [3.8, 4) is 22.6 Å². The van der Waals surface area contributed by atoms with Gasteiger partial charge in [-0.15, -0.1) is 0 Å². The summed E-state index contributed by atoms with van der Waals surface area (Å²) in [5.41, 5.74) is 4.10. The van der Waals surface area contributed by atoms with Gasteiger partial charge in [-0.25, -0.2) is 0 Å². The van der Waals surface area contributed by atoms with Gasteiger partial charge in [-0.3, -0.25) is 4.98 Å². The molecule has 25 heavy (non-hydrogen) atoms. The van der Waals surface area contributed by atoms with Crippen LogP contribution in [0.1, 0.15) is 12.7 Å². The van der Waals surface area contributed by atoms with Crippen molar-refractivity contribution in [3.05, 3.63) is 48.5 Å². The average Bonchev–Trinajstić information content (AvgIpc) is 3.10. The van der Waals surface area contributed by atoms with Crippen LogP contribution < -0.4 is 10.2 Å². The highest BCUT2D eigenvalue weighted by atomic mass is 16.5. The average molecular weight is 337 g/mol. The van der Waals surface area contributed by atoms with E-state index in [0.717, 1.165) is 28.8 Å². The first kappa shape index (κ1) is 17.1. The summed E-state index contributed by atoms with van der Waals surface area (Å²) in [5.74, 6) is 1.19. The number of nitrogens with one attached hydrogen (secondary N) is 1. The molecule has 2 aromatic heterocycles. The summed E-state index contributed by atoms with van der Waals surface area (Å²) in [4.78, 5) is 10.9. The molecule has 3 aromatic rings. The Bertz CT molecular complexity index is 826. The van der Waals surface area contributed by atoms with Crippen LogP contribution in [-0.2, 0) is 6.42 Å². The first-order chi connectivity index (χ1) is 12.1. The second-order valence-electron chi connectivity index (χ2n) is 6.31. The number of pyridine rings is 1. The number of aromatic nitrogens is 3. The Balaban J connectivity index is 1.84. The summed E-state index contributed by atoms with van der Waals surface area (Å²) in [6.07, 6.45) is 4.31. The number of nitrogens with zero attached hydrogens (tertiary/aromatic N) is 4. The smallest absolute Gasteiger partial charge is 0.259 e. The third-order valence-corrected chi connectivity index (χ3v) is 4.15. The zero-order chi connectivity index (χ0) is 17.8. The van der Waals surface area contributed by atoms with E-state index in [1.165, 1.54) is 0 Å².